The van der Waals surface area contributed by atoms with Crippen LogP contribution in [0.3, 0.4) is 0 Å². The van der Waals surface area contributed by atoms with Crippen molar-refractivity contribution in [2.24, 2.45) is 0 Å². The maximum Gasteiger partial charge on any atom is 0.347 e. The standard InChI is InChI=1S/C8H10O10/c9-3(10)7(17,4(11)12)1-2-8(18,5(13)14)6(15)16/h17-18H,1-2H2,(H,9,10)(H,11,12)(H,13,14)(H,15,16). The van der Waals surface area contributed by atoms with Crippen LogP contribution in [0.15, 0.2) is 0 Å². The third kappa shape index (κ3) is 2.73. The van der Waals surface area contributed by atoms with Crippen LogP contribution in [0.5, 0.6) is 0 Å². The summed E-state index contributed by atoms with van der Waals surface area (Å²) in [4.78, 5) is 42.0. The molecule has 10 heteroatoms. The predicted molar refractivity (Wildman–Crippen MR) is 49.7 cm³/mol. The smallest absolute Gasteiger partial charge is 0.347 e. The first-order valence-corrected chi connectivity index (χ1v) is 4.37. The molecule has 0 aromatic heterocycles. The zero-order chi connectivity index (χ0) is 14.7. The second kappa shape index (κ2) is 4.98. The molecule has 0 unspecified atom stereocenters. The summed E-state index contributed by atoms with van der Waals surface area (Å²) >= 11 is 0. The number of carboxylic acid groups (broad SMARTS) is 4. The molecule has 10 nitrogen and oxygen atoms in total. The Labute approximate surface area is 98.7 Å². The molecule has 0 radical (unpaired) electrons. The van der Waals surface area contributed by atoms with Crippen LogP contribution in [0.1, 0.15) is 12.8 Å². The largest absolute Gasteiger partial charge is 0.479 e. The van der Waals surface area contributed by atoms with E-state index < -0.39 is 47.9 Å². The van der Waals surface area contributed by atoms with Gasteiger partial charge in [0.05, 0.1) is 0 Å². The van der Waals surface area contributed by atoms with Gasteiger partial charge < -0.3 is 30.6 Å². The minimum absolute atomic E-state index is 1.30. The van der Waals surface area contributed by atoms with Crippen molar-refractivity contribution >= 4 is 23.9 Å². The Morgan fingerprint density at radius 1 is 0.611 bits per heavy atom. The van der Waals surface area contributed by atoms with Gasteiger partial charge in [-0.15, -0.1) is 0 Å². The number of aliphatic hydroxyl groups is 2. The molecule has 0 aliphatic carbocycles. The van der Waals surface area contributed by atoms with E-state index in [2.05, 4.69) is 0 Å². The minimum Gasteiger partial charge on any atom is -0.479 e. The molecule has 0 saturated carbocycles. The van der Waals surface area contributed by atoms with E-state index in [1.54, 1.807) is 0 Å². The van der Waals surface area contributed by atoms with Gasteiger partial charge in [-0.2, -0.15) is 0 Å². The first kappa shape index (κ1) is 15.8. The average molecular weight is 266 g/mol. The molecule has 0 aliphatic heterocycles. The third-order valence-electron chi connectivity index (χ3n) is 2.26. The van der Waals surface area contributed by atoms with Crippen LogP contribution < -0.4 is 0 Å². The molecule has 0 aromatic rings. The van der Waals surface area contributed by atoms with Crippen LogP contribution >= 0.6 is 0 Å². The zero-order valence-electron chi connectivity index (χ0n) is 8.73. The second-order valence-corrected chi connectivity index (χ2v) is 3.44. The highest BCUT2D eigenvalue weighted by Crippen LogP contribution is 2.22. The summed E-state index contributed by atoms with van der Waals surface area (Å²) in [5, 5.41) is 52.3. The zero-order valence-corrected chi connectivity index (χ0v) is 8.73. The van der Waals surface area contributed by atoms with E-state index in [0.717, 1.165) is 0 Å². The number of aliphatic carboxylic acids is 4. The molecule has 0 aromatic carbocycles. The van der Waals surface area contributed by atoms with E-state index >= 15 is 0 Å². The molecule has 0 saturated heterocycles. The Kier molecular flexibility index (Phi) is 4.37. The molecule has 0 aliphatic rings. The fraction of sp³-hybridized carbons (Fsp3) is 0.500. The molecule has 0 atom stereocenters. The van der Waals surface area contributed by atoms with E-state index in [1.165, 1.54) is 0 Å². The fourth-order valence-corrected chi connectivity index (χ4v) is 0.972. The fourth-order valence-electron chi connectivity index (χ4n) is 0.972. The summed E-state index contributed by atoms with van der Waals surface area (Å²) in [6, 6.07) is 0. The van der Waals surface area contributed by atoms with Crippen molar-refractivity contribution in [3.63, 3.8) is 0 Å². The summed E-state index contributed by atoms with van der Waals surface area (Å²) < 4.78 is 0. The van der Waals surface area contributed by atoms with Crippen LogP contribution in [-0.4, -0.2) is 65.7 Å². The maximum absolute atomic E-state index is 10.5. The van der Waals surface area contributed by atoms with Crippen molar-refractivity contribution in [3.8, 4) is 0 Å². The number of rotatable bonds is 7. The molecule has 0 rings (SSSR count). The van der Waals surface area contributed by atoms with E-state index in [0.29, 0.717) is 0 Å². The van der Waals surface area contributed by atoms with Gasteiger partial charge in [-0.3, -0.25) is 0 Å². The topological polar surface area (TPSA) is 190 Å². The highest BCUT2D eigenvalue weighted by Gasteiger charge is 2.51. The Hall–Kier alpha value is -2.20. The maximum atomic E-state index is 10.5. The molecule has 0 heterocycles. The Morgan fingerprint density at radius 3 is 0.889 bits per heavy atom. The quantitative estimate of drug-likeness (QED) is 0.270. The Morgan fingerprint density at radius 2 is 0.778 bits per heavy atom. The molecule has 0 fully saturated rings. The van der Waals surface area contributed by atoms with Crippen molar-refractivity contribution in [3.05, 3.63) is 0 Å². The molecular formula is C8H10O10. The van der Waals surface area contributed by atoms with Gasteiger partial charge in [0.15, 0.2) is 0 Å². The highest BCUT2D eigenvalue weighted by molar-refractivity contribution is 6.03. The second-order valence-electron chi connectivity index (χ2n) is 3.44. The average Bonchev–Trinajstić information content (AvgIpc) is 2.23. The normalized spacial score (nSPS) is 11.9. The van der Waals surface area contributed by atoms with E-state index in [-0.39, 0.29) is 0 Å². The van der Waals surface area contributed by atoms with E-state index in [9.17, 15) is 29.4 Å². The van der Waals surface area contributed by atoms with Crippen molar-refractivity contribution < 1.29 is 49.8 Å². The summed E-state index contributed by atoms with van der Waals surface area (Å²) in [5.74, 6) is -8.80. The van der Waals surface area contributed by atoms with Crippen molar-refractivity contribution in [2.75, 3.05) is 0 Å². The lowest BCUT2D eigenvalue weighted by Gasteiger charge is -2.23. The lowest BCUT2D eigenvalue weighted by atomic mass is 9.89. The SMILES string of the molecule is O=C(O)C(O)(CCC(O)(C(=O)O)C(=O)O)C(=O)O. The summed E-state index contributed by atoms with van der Waals surface area (Å²) in [7, 11) is 0. The molecule has 0 spiro atoms. The molecule has 18 heavy (non-hydrogen) atoms. The van der Waals surface area contributed by atoms with E-state index in [4.69, 9.17) is 20.4 Å². The van der Waals surface area contributed by atoms with Crippen molar-refractivity contribution in [1.82, 2.24) is 0 Å². The molecule has 102 valence electrons. The Balaban J connectivity index is 5.14. The molecule has 0 amide bonds. The van der Waals surface area contributed by atoms with E-state index in [1.807, 2.05) is 0 Å². The first-order valence-electron chi connectivity index (χ1n) is 4.37. The number of carbonyl (C=O) groups is 4. The number of carboxylic acids is 4. The van der Waals surface area contributed by atoms with Gasteiger partial charge in [0.1, 0.15) is 0 Å². The predicted octanol–water partition coefficient (Wildman–Crippen LogP) is -2.43. The molecular weight excluding hydrogens is 256 g/mol. The highest BCUT2D eigenvalue weighted by atomic mass is 16.5. The van der Waals surface area contributed by atoms with Gasteiger partial charge in [0.25, 0.3) is 11.2 Å². The summed E-state index contributed by atoms with van der Waals surface area (Å²) in [6.07, 6.45) is -2.60. The van der Waals surface area contributed by atoms with Crippen LogP contribution in [0.25, 0.3) is 0 Å². The van der Waals surface area contributed by atoms with Crippen LogP contribution in [0.4, 0.5) is 0 Å². The van der Waals surface area contributed by atoms with Crippen LogP contribution in [0, 0.1) is 0 Å². The minimum atomic E-state index is -3.38. The lowest BCUT2D eigenvalue weighted by molar-refractivity contribution is -0.185. The molecule has 6 N–H and O–H groups in total. The third-order valence-corrected chi connectivity index (χ3v) is 2.26. The van der Waals surface area contributed by atoms with Gasteiger partial charge in [0, 0.05) is 12.8 Å². The van der Waals surface area contributed by atoms with Gasteiger partial charge in [-0.1, -0.05) is 0 Å². The van der Waals surface area contributed by atoms with Crippen LogP contribution in [-0.2, 0) is 19.2 Å². The summed E-state index contributed by atoms with van der Waals surface area (Å²) in [5.41, 5.74) is -6.75. The Bertz CT molecular complexity index is 331. The van der Waals surface area contributed by atoms with Gasteiger partial charge in [-0.05, 0) is 0 Å². The number of hydrogen-bond acceptors (Lipinski definition) is 6. The van der Waals surface area contributed by atoms with Crippen molar-refractivity contribution in [1.29, 1.82) is 0 Å². The molecule has 0 bridgehead atoms. The first-order chi connectivity index (χ1) is 7.98. The van der Waals surface area contributed by atoms with Gasteiger partial charge in [0.2, 0.25) is 0 Å². The van der Waals surface area contributed by atoms with Gasteiger partial charge in [-0.25, -0.2) is 19.2 Å². The lowest BCUT2D eigenvalue weighted by Crippen LogP contribution is -2.52. The van der Waals surface area contributed by atoms with Gasteiger partial charge >= 0.3 is 23.9 Å². The summed E-state index contributed by atoms with van der Waals surface area (Å²) in [6.45, 7) is 0. The van der Waals surface area contributed by atoms with Crippen molar-refractivity contribution in [2.45, 2.75) is 24.0 Å². The monoisotopic (exact) mass is 266 g/mol. The van der Waals surface area contributed by atoms with Crippen LogP contribution in [0.2, 0.25) is 0 Å². The number of hydrogen-bond donors (Lipinski definition) is 6.